The molecule has 4 aromatic rings. The molecular weight excluding hydrogens is 388 g/mol. The van der Waals surface area contributed by atoms with E-state index in [1.807, 2.05) is 66.9 Å². The van der Waals surface area contributed by atoms with E-state index in [2.05, 4.69) is 5.32 Å². The molecule has 0 aliphatic heterocycles. The zero-order valence-corrected chi connectivity index (χ0v) is 17.6. The number of pyridine rings is 1. The Morgan fingerprint density at radius 1 is 1.00 bits per heavy atom. The maximum atomic E-state index is 13.0. The molecule has 1 heterocycles. The fourth-order valence-corrected chi connectivity index (χ4v) is 3.51. The van der Waals surface area contributed by atoms with Crippen molar-refractivity contribution < 1.29 is 9.53 Å². The van der Waals surface area contributed by atoms with E-state index in [1.54, 1.807) is 30.5 Å². The number of aromatic nitrogens is 1. The number of hydrogen-bond donors (Lipinski definition) is 1. The largest absolute Gasteiger partial charge is 0.489 e. The first-order valence-corrected chi connectivity index (χ1v) is 10.3. The molecule has 31 heavy (non-hydrogen) atoms. The van der Waals surface area contributed by atoms with Crippen molar-refractivity contribution in [2.45, 2.75) is 27.0 Å². The minimum absolute atomic E-state index is 0.129. The summed E-state index contributed by atoms with van der Waals surface area (Å²) in [6.45, 7) is 5.05. The minimum Gasteiger partial charge on any atom is -0.489 e. The normalized spacial score (nSPS) is 10.8. The molecule has 5 nitrogen and oxygen atoms in total. The Labute approximate surface area is 180 Å². The van der Waals surface area contributed by atoms with Crippen molar-refractivity contribution in [2.24, 2.45) is 0 Å². The van der Waals surface area contributed by atoms with Crippen LogP contribution in [0, 0.1) is 6.92 Å². The van der Waals surface area contributed by atoms with Crippen LogP contribution in [0.1, 0.15) is 28.4 Å². The van der Waals surface area contributed by atoms with Crippen molar-refractivity contribution >= 4 is 22.5 Å². The fraction of sp³-hybridized carbons (Fsp3) is 0.154. The molecule has 0 saturated heterocycles. The summed E-state index contributed by atoms with van der Waals surface area (Å²) < 4.78 is 7.70. The van der Waals surface area contributed by atoms with Gasteiger partial charge in [-0.2, -0.15) is 0 Å². The summed E-state index contributed by atoms with van der Waals surface area (Å²) in [5.41, 5.74) is 3.36. The van der Waals surface area contributed by atoms with Crippen LogP contribution in [0.15, 0.2) is 83.8 Å². The summed E-state index contributed by atoms with van der Waals surface area (Å²) in [6.07, 6.45) is 1.63. The van der Waals surface area contributed by atoms with Gasteiger partial charge in [0.25, 0.3) is 5.91 Å². The van der Waals surface area contributed by atoms with E-state index in [9.17, 15) is 9.59 Å². The van der Waals surface area contributed by atoms with Crippen LogP contribution in [0.25, 0.3) is 10.9 Å². The number of fused-ring (bicyclic) bond motifs is 1. The number of nitrogens with one attached hydrogen (secondary N) is 1. The van der Waals surface area contributed by atoms with Crippen LogP contribution in [0.2, 0.25) is 0 Å². The standard InChI is InChI=1S/C26H24N2O3/c1-3-28-16-23(25(29)22-15-18(2)9-14-24(22)28)26(30)27-20-10-12-21(13-11-20)31-17-19-7-5-4-6-8-19/h4-16H,3,17H2,1-2H3,(H,27,30). The lowest BCUT2D eigenvalue weighted by atomic mass is 10.1. The van der Waals surface area contributed by atoms with Crippen molar-refractivity contribution in [3.05, 3.63) is 106 Å². The number of aryl methyl sites for hydroxylation is 2. The lowest BCUT2D eigenvalue weighted by molar-refractivity contribution is 0.102. The van der Waals surface area contributed by atoms with E-state index in [0.717, 1.165) is 16.6 Å². The number of anilines is 1. The third-order valence-electron chi connectivity index (χ3n) is 5.18. The molecule has 0 bridgehead atoms. The van der Waals surface area contributed by atoms with Crippen LogP contribution >= 0.6 is 0 Å². The molecule has 0 spiro atoms. The van der Waals surface area contributed by atoms with E-state index < -0.39 is 5.91 Å². The van der Waals surface area contributed by atoms with Gasteiger partial charge in [-0.15, -0.1) is 0 Å². The van der Waals surface area contributed by atoms with Crippen molar-refractivity contribution in [1.29, 1.82) is 0 Å². The monoisotopic (exact) mass is 412 g/mol. The van der Waals surface area contributed by atoms with Gasteiger partial charge in [0.15, 0.2) is 0 Å². The Hall–Kier alpha value is -3.86. The molecule has 0 aliphatic carbocycles. The highest BCUT2D eigenvalue weighted by Gasteiger charge is 2.15. The molecular formula is C26H24N2O3. The van der Waals surface area contributed by atoms with Crippen LogP contribution in [-0.2, 0) is 13.2 Å². The van der Waals surface area contributed by atoms with Gasteiger partial charge >= 0.3 is 0 Å². The van der Waals surface area contributed by atoms with Crippen LogP contribution in [0.3, 0.4) is 0 Å². The molecule has 156 valence electrons. The maximum Gasteiger partial charge on any atom is 0.261 e. The Balaban J connectivity index is 1.52. The Morgan fingerprint density at radius 3 is 2.45 bits per heavy atom. The Kier molecular flexibility index (Phi) is 5.85. The van der Waals surface area contributed by atoms with Gasteiger partial charge in [0.05, 0.1) is 5.52 Å². The Morgan fingerprint density at radius 2 is 1.74 bits per heavy atom. The first-order valence-electron chi connectivity index (χ1n) is 10.3. The summed E-state index contributed by atoms with van der Waals surface area (Å²) in [4.78, 5) is 25.8. The lowest BCUT2D eigenvalue weighted by Gasteiger charge is -2.13. The highest BCUT2D eigenvalue weighted by Crippen LogP contribution is 2.19. The molecule has 0 atom stereocenters. The van der Waals surface area contributed by atoms with Gasteiger partial charge in [-0.05, 0) is 55.8 Å². The van der Waals surface area contributed by atoms with E-state index in [-0.39, 0.29) is 11.0 Å². The van der Waals surface area contributed by atoms with Crippen molar-refractivity contribution in [3.8, 4) is 5.75 Å². The molecule has 1 aromatic heterocycles. The topological polar surface area (TPSA) is 60.3 Å². The zero-order valence-electron chi connectivity index (χ0n) is 17.6. The smallest absolute Gasteiger partial charge is 0.261 e. The molecule has 0 radical (unpaired) electrons. The number of rotatable bonds is 6. The number of amides is 1. The predicted molar refractivity (Wildman–Crippen MR) is 124 cm³/mol. The third-order valence-corrected chi connectivity index (χ3v) is 5.18. The van der Waals surface area contributed by atoms with Crippen molar-refractivity contribution in [3.63, 3.8) is 0 Å². The summed E-state index contributed by atoms with van der Waals surface area (Å²) >= 11 is 0. The first-order chi connectivity index (χ1) is 15.0. The minimum atomic E-state index is -0.423. The Bertz CT molecular complexity index is 1280. The summed E-state index contributed by atoms with van der Waals surface area (Å²) in [6, 6.07) is 22.8. The van der Waals surface area contributed by atoms with Crippen LogP contribution in [0.4, 0.5) is 5.69 Å². The predicted octanol–water partition coefficient (Wildman–Crippen LogP) is 5.16. The van der Waals surface area contributed by atoms with E-state index in [4.69, 9.17) is 4.74 Å². The first kappa shape index (κ1) is 20.4. The average Bonchev–Trinajstić information content (AvgIpc) is 2.80. The van der Waals surface area contributed by atoms with Gasteiger partial charge in [-0.25, -0.2) is 0 Å². The summed E-state index contributed by atoms with van der Waals surface area (Å²) in [5, 5.41) is 3.38. The summed E-state index contributed by atoms with van der Waals surface area (Å²) in [7, 11) is 0. The molecule has 5 heteroatoms. The van der Waals surface area contributed by atoms with Crippen molar-refractivity contribution in [2.75, 3.05) is 5.32 Å². The van der Waals surface area contributed by atoms with Crippen LogP contribution in [-0.4, -0.2) is 10.5 Å². The van der Waals surface area contributed by atoms with Crippen LogP contribution < -0.4 is 15.5 Å². The number of nitrogens with zero attached hydrogens (tertiary/aromatic N) is 1. The quantitative estimate of drug-likeness (QED) is 0.476. The molecule has 3 aromatic carbocycles. The van der Waals surface area contributed by atoms with Gasteiger partial charge < -0.3 is 14.6 Å². The molecule has 4 rings (SSSR count). The number of ether oxygens (including phenoxy) is 1. The van der Waals surface area contributed by atoms with E-state index >= 15 is 0 Å². The zero-order chi connectivity index (χ0) is 21.8. The third kappa shape index (κ3) is 4.51. The molecule has 0 unspecified atom stereocenters. The maximum absolute atomic E-state index is 13.0. The second kappa shape index (κ2) is 8.88. The number of hydrogen-bond acceptors (Lipinski definition) is 3. The molecule has 1 N–H and O–H groups in total. The highest BCUT2D eigenvalue weighted by molar-refractivity contribution is 6.05. The lowest BCUT2D eigenvalue weighted by Crippen LogP contribution is -2.24. The number of carbonyl (C=O) groups is 1. The molecule has 0 saturated carbocycles. The molecule has 0 aliphatic rings. The highest BCUT2D eigenvalue weighted by atomic mass is 16.5. The average molecular weight is 412 g/mol. The van der Waals surface area contributed by atoms with Crippen LogP contribution in [0.5, 0.6) is 5.75 Å². The van der Waals surface area contributed by atoms with Gasteiger partial charge in [0.2, 0.25) is 5.43 Å². The SMILES string of the molecule is CCn1cc(C(=O)Nc2ccc(OCc3ccccc3)cc2)c(=O)c2cc(C)ccc21. The number of benzene rings is 3. The summed E-state index contributed by atoms with van der Waals surface area (Å²) in [5.74, 6) is 0.282. The second-order valence-electron chi connectivity index (χ2n) is 7.43. The fourth-order valence-electron chi connectivity index (χ4n) is 3.51. The van der Waals surface area contributed by atoms with Gasteiger partial charge in [0.1, 0.15) is 17.9 Å². The second-order valence-corrected chi connectivity index (χ2v) is 7.43. The van der Waals surface area contributed by atoms with Gasteiger partial charge in [-0.1, -0.05) is 42.0 Å². The van der Waals surface area contributed by atoms with E-state index in [0.29, 0.717) is 30.0 Å². The van der Waals surface area contributed by atoms with Gasteiger partial charge in [-0.3, -0.25) is 9.59 Å². The van der Waals surface area contributed by atoms with Crippen molar-refractivity contribution in [1.82, 2.24) is 4.57 Å². The molecule has 1 amide bonds. The van der Waals surface area contributed by atoms with E-state index in [1.165, 1.54) is 0 Å². The number of carbonyl (C=O) groups excluding carboxylic acids is 1. The van der Waals surface area contributed by atoms with Gasteiger partial charge in [0, 0.05) is 23.8 Å². The molecule has 0 fully saturated rings.